The van der Waals surface area contributed by atoms with Crippen LogP contribution >= 0.6 is 11.8 Å². The summed E-state index contributed by atoms with van der Waals surface area (Å²) in [6, 6.07) is 25.9. The zero-order chi connectivity index (χ0) is 24.2. The molecule has 1 atom stereocenters. The van der Waals surface area contributed by atoms with E-state index in [4.69, 9.17) is 9.47 Å². The van der Waals surface area contributed by atoms with Crippen molar-refractivity contribution in [3.05, 3.63) is 90.0 Å². The molecule has 5 rings (SSSR count). The SMILES string of the molecule is CC(c1ccccc1)N(C)C(=O)CSc1nnc(-c2ccccc2)n1Cc1ccc2c(c1)OCO2. The summed E-state index contributed by atoms with van der Waals surface area (Å²) in [5.41, 5.74) is 3.11. The second-order valence-corrected chi connectivity index (χ2v) is 9.27. The number of hydrogen-bond acceptors (Lipinski definition) is 6. The largest absolute Gasteiger partial charge is 0.454 e. The third kappa shape index (κ3) is 5.02. The van der Waals surface area contributed by atoms with Crippen LogP contribution in [-0.2, 0) is 11.3 Å². The number of nitrogens with zero attached hydrogens (tertiary/aromatic N) is 4. The van der Waals surface area contributed by atoms with Crippen LogP contribution in [0.5, 0.6) is 11.5 Å². The number of amides is 1. The summed E-state index contributed by atoms with van der Waals surface area (Å²) in [6.07, 6.45) is 0. The van der Waals surface area contributed by atoms with Crippen molar-refractivity contribution in [2.75, 3.05) is 19.6 Å². The Kier molecular flexibility index (Phi) is 6.72. The molecule has 1 unspecified atom stereocenters. The Morgan fingerprint density at radius 3 is 2.49 bits per heavy atom. The lowest BCUT2D eigenvalue weighted by molar-refractivity contribution is -0.128. The summed E-state index contributed by atoms with van der Waals surface area (Å²) in [7, 11) is 1.84. The standard InChI is InChI=1S/C27H26N4O3S/c1-19(21-9-5-3-6-10-21)30(2)25(32)17-35-27-29-28-26(22-11-7-4-8-12-22)31(27)16-20-13-14-23-24(15-20)34-18-33-23/h3-15,19H,16-18H2,1-2H3. The summed E-state index contributed by atoms with van der Waals surface area (Å²) in [6.45, 7) is 2.81. The molecule has 0 aliphatic carbocycles. The van der Waals surface area contributed by atoms with E-state index >= 15 is 0 Å². The van der Waals surface area contributed by atoms with Crippen LogP contribution in [0.15, 0.2) is 84.0 Å². The maximum Gasteiger partial charge on any atom is 0.233 e. The Balaban J connectivity index is 1.36. The Hall–Kier alpha value is -3.78. The van der Waals surface area contributed by atoms with Crippen LogP contribution < -0.4 is 9.47 Å². The normalized spacial score (nSPS) is 13.0. The molecular weight excluding hydrogens is 460 g/mol. The number of carbonyl (C=O) groups is 1. The quantitative estimate of drug-likeness (QED) is 0.325. The summed E-state index contributed by atoms with van der Waals surface area (Å²) < 4.78 is 13.0. The van der Waals surface area contributed by atoms with E-state index in [9.17, 15) is 4.79 Å². The first-order valence-electron chi connectivity index (χ1n) is 11.4. The number of benzene rings is 3. The predicted octanol–water partition coefficient (Wildman–Crippen LogP) is 5.03. The molecule has 8 heteroatoms. The second kappa shape index (κ2) is 10.2. The average Bonchev–Trinajstić information content (AvgIpc) is 3.54. The van der Waals surface area contributed by atoms with E-state index in [0.29, 0.717) is 11.7 Å². The minimum atomic E-state index is -0.0179. The number of hydrogen-bond donors (Lipinski definition) is 0. The van der Waals surface area contributed by atoms with Gasteiger partial charge in [0.2, 0.25) is 12.7 Å². The van der Waals surface area contributed by atoms with Crippen LogP contribution in [0.4, 0.5) is 0 Å². The fraction of sp³-hybridized carbons (Fsp3) is 0.222. The second-order valence-electron chi connectivity index (χ2n) is 8.33. The van der Waals surface area contributed by atoms with Gasteiger partial charge in [0.05, 0.1) is 18.3 Å². The third-order valence-electron chi connectivity index (χ3n) is 6.11. The Morgan fingerprint density at radius 2 is 1.71 bits per heavy atom. The van der Waals surface area contributed by atoms with Gasteiger partial charge in [-0.15, -0.1) is 10.2 Å². The van der Waals surface area contributed by atoms with Crippen molar-refractivity contribution in [2.45, 2.75) is 24.7 Å². The first-order valence-corrected chi connectivity index (χ1v) is 12.4. The fourth-order valence-electron chi connectivity index (χ4n) is 3.96. The van der Waals surface area contributed by atoms with Crippen molar-refractivity contribution >= 4 is 17.7 Å². The zero-order valence-corrected chi connectivity index (χ0v) is 20.4. The summed E-state index contributed by atoms with van der Waals surface area (Å²) in [5, 5.41) is 9.61. The number of ether oxygens (including phenoxy) is 2. The van der Waals surface area contributed by atoms with Gasteiger partial charge < -0.3 is 14.4 Å². The molecule has 4 aromatic rings. The zero-order valence-electron chi connectivity index (χ0n) is 19.6. The van der Waals surface area contributed by atoms with Gasteiger partial charge in [-0.3, -0.25) is 9.36 Å². The van der Waals surface area contributed by atoms with E-state index in [0.717, 1.165) is 34.0 Å². The van der Waals surface area contributed by atoms with Gasteiger partial charge in [0.25, 0.3) is 0 Å². The van der Waals surface area contributed by atoms with Crippen LogP contribution in [0.3, 0.4) is 0 Å². The number of rotatable bonds is 8. The van der Waals surface area contributed by atoms with Gasteiger partial charge in [-0.2, -0.15) is 0 Å². The van der Waals surface area contributed by atoms with Crippen LogP contribution in [0.2, 0.25) is 0 Å². The van der Waals surface area contributed by atoms with Crippen molar-refractivity contribution in [3.8, 4) is 22.9 Å². The number of thioether (sulfide) groups is 1. The summed E-state index contributed by atoms with van der Waals surface area (Å²) >= 11 is 1.40. The molecule has 7 nitrogen and oxygen atoms in total. The summed E-state index contributed by atoms with van der Waals surface area (Å²) in [5.74, 6) is 2.53. The first kappa shape index (κ1) is 23.0. The number of aromatic nitrogens is 3. The highest BCUT2D eigenvalue weighted by molar-refractivity contribution is 7.99. The smallest absolute Gasteiger partial charge is 0.233 e. The van der Waals surface area contributed by atoms with Gasteiger partial charge in [0.15, 0.2) is 22.5 Å². The Bertz CT molecular complexity index is 1310. The van der Waals surface area contributed by atoms with Crippen LogP contribution in [0.25, 0.3) is 11.4 Å². The van der Waals surface area contributed by atoms with Gasteiger partial charge in [-0.25, -0.2) is 0 Å². The minimum Gasteiger partial charge on any atom is -0.454 e. The molecule has 0 saturated heterocycles. The monoisotopic (exact) mass is 486 g/mol. The molecule has 1 amide bonds. The van der Waals surface area contributed by atoms with E-state index in [1.165, 1.54) is 11.8 Å². The van der Waals surface area contributed by atoms with Crippen molar-refractivity contribution in [3.63, 3.8) is 0 Å². The van der Waals surface area contributed by atoms with Crippen LogP contribution in [-0.4, -0.2) is 45.2 Å². The van der Waals surface area contributed by atoms with Gasteiger partial charge in [0.1, 0.15) is 0 Å². The van der Waals surface area contributed by atoms with Crippen molar-refractivity contribution in [1.29, 1.82) is 0 Å². The van der Waals surface area contributed by atoms with Gasteiger partial charge in [-0.1, -0.05) is 78.5 Å². The molecule has 1 aliphatic rings. The van der Waals surface area contributed by atoms with E-state index < -0.39 is 0 Å². The molecule has 2 heterocycles. The lowest BCUT2D eigenvalue weighted by Crippen LogP contribution is -2.31. The number of fused-ring (bicyclic) bond motifs is 1. The highest BCUT2D eigenvalue weighted by atomic mass is 32.2. The van der Waals surface area contributed by atoms with Gasteiger partial charge in [-0.05, 0) is 30.2 Å². The average molecular weight is 487 g/mol. The maximum atomic E-state index is 13.0. The summed E-state index contributed by atoms with van der Waals surface area (Å²) in [4.78, 5) is 14.8. The molecule has 3 aromatic carbocycles. The number of carbonyl (C=O) groups excluding carboxylic acids is 1. The highest BCUT2D eigenvalue weighted by Gasteiger charge is 2.21. The van der Waals surface area contributed by atoms with Crippen LogP contribution in [0, 0.1) is 0 Å². The minimum absolute atomic E-state index is 0.0179. The molecule has 0 bridgehead atoms. The molecule has 0 fully saturated rings. The predicted molar refractivity (Wildman–Crippen MR) is 135 cm³/mol. The fourth-order valence-corrected chi connectivity index (χ4v) is 4.82. The molecule has 1 aromatic heterocycles. The van der Waals surface area contributed by atoms with E-state index in [1.54, 1.807) is 4.90 Å². The molecule has 0 saturated carbocycles. The van der Waals surface area contributed by atoms with Gasteiger partial charge in [0, 0.05) is 12.6 Å². The third-order valence-corrected chi connectivity index (χ3v) is 7.06. The maximum absolute atomic E-state index is 13.0. The van der Waals surface area contributed by atoms with E-state index in [2.05, 4.69) is 10.2 Å². The molecule has 0 N–H and O–H groups in total. The molecule has 0 spiro atoms. The van der Waals surface area contributed by atoms with Crippen molar-refractivity contribution in [1.82, 2.24) is 19.7 Å². The molecule has 35 heavy (non-hydrogen) atoms. The molecule has 178 valence electrons. The van der Waals surface area contributed by atoms with Gasteiger partial charge >= 0.3 is 0 Å². The first-order chi connectivity index (χ1) is 17.1. The lowest BCUT2D eigenvalue weighted by atomic mass is 10.1. The van der Waals surface area contributed by atoms with Crippen molar-refractivity contribution in [2.24, 2.45) is 0 Å². The molecule has 1 aliphatic heterocycles. The topological polar surface area (TPSA) is 69.5 Å². The van der Waals surface area contributed by atoms with Crippen LogP contribution in [0.1, 0.15) is 24.1 Å². The molecular formula is C27H26N4O3S. The van der Waals surface area contributed by atoms with E-state index in [-0.39, 0.29) is 24.5 Å². The van der Waals surface area contributed by atoms with E-state index in [1.807, 2.05) is 97.4 Å². The lowest BCUT2D eigenvalue weighted by Gasteiger charge is -2.25. The Labute approximate surface area is 208 Å². The highest BCUT2D eigenvalue weighted by Crippen LogP contribution is 2.34. The van der Waals surface area contributed by atoms with Crippen molar-refractivity contribution < 1.29 is 14.3 Å². The Morgan fingerprint density at radius 1 is 1.00 bits per heavy atom. The molecule has 0 radical (unpaired) electrons.